The lowest BCUT2D eigenvalue weighted by Gasteiger charge is -2.13. The number of aryl methyl sites for hydroxylation is 1. The van der Waals surface area contributed by atoms with E-state index in [9.17, 15) is 18.0 Å². The van der Waals surface area contributed by atoms with E-state index in [1.54, 1.807) is 36.4 Å². The monoisotopic (exact) mass is 396 g/mol. The van der Waals surface area contributed by atoms with Crippen molar-refractivity contribution in [1.29, 1.82) is 0 Å². The first-order chi connectivity index (χ1) is 12.4. The number of nitrogens with one attached hydrogen (secondary N) is 1. The third-order valence-electron chi connectivity index (χ3n) is 3.59. The Morgan fingerprint density at radius 3 is 2.54 bits per heavy atom. The number of thiazole rings is 1. The van der Waals surface area contributed by atoms with Gasteiger partial charge in [-0.15, -0.1) is 11.3 Å². The van der Waals surface area contributed by atoms with Crippen molar-refractivity contribution >= 4 is 34.5 Å². The van der Waals surface area contributed by atoms with Crippen molar-refractivity contribution in [3.8, 4) is 11.1 Å². The summed E-state index contributed by atoms with van der Waals surface area (Å²) in [5, 5.41) is 2.52. The van der Waals surface area contributed by atoms with Crippen LogP contribution in [0.2, 0.25) is 5.02 Å². The first kappa shape index (κ1) is 18.4. The minimum Gasteiger partial charge on any atom is -0.318 e. The molecule has 0 bridgehead atoms. The van der Waals surface area contributed by atoms with Gasteiger partial charge in [0.05, 0.1) is 15.7 Å². The number of aromatic nitrogens is 1. The van der Waals surface area contributed by atoms with E-state index in [2.05, 4.69) is 10.3 Å². The van der Waals surface area contributed by atoms with Crippen LogP contribution in [-0.2, 0) is 0 Å². The van der Waals surface area contributed by atoms with Gasteiger partial charge in [0.25, 0.3) is 12.3 Å². The van der Waals surface area contributed by atoms with Crippen LogP contribution in [0.5, 0.6) is 0 Å². The lowest BCUT2D eigenvalue weighted by molar-refractivity contribution is 0.101. The van der Waals surface area contributed by atoms with Crippen LogP contribution in [0.25, 0.3) is 11.1 Å². The summed E-state index contributed by atoms with van der Waals surface area (Å²) >= 11 is 6.66. The summed E-state index contributed by atoms with van der Waals surface area (Å²) in [6.45, 7) is 1.52. The Labute approximate surface area is 156 Å². The Bertz CT molecular complexity index is 961. The third-order valence-corrected chi connectivity index (χ3v) is 4.87. The van der Waals surface area contributed by atoms with E-state index in [-0.39, 0.29) is 15.6 Å². The molecule has 0 spiro atoms. The Kier molecular flexibility index (Phi) is 5.29. The van der Waals surface area contributed by atoms with Gasteiger partial charge < -0.3 is 5.32 Å². The molecular weight excluding hydrogens is 385 g/mol. The highest BCUT2D eigenvalue weighted by Crippen LogP contribution is 2.35. The maximum Gasteiger partial charge on any atom is 0.282 e. The summed E-state index contributed by atoms with van der Waals surface area (Å²) < 4.78 is 40.8. The smallest absolute Gasteiger partial charge is 0.282 e. The van der Waals surface area contributed by atoms with Crippen molar-refractivity contribution in [2.24, 2.45) is 0 Å². The number of hydrogen-bond acceptors (Lipinski definition) is 3. The highest BCUT2D eigenvalue weighted by atomic mass is 35.5. The molecule has 2 aromatic carbocycles. The summed E-state index contributed by atoms with van der Waals surface area (Å²) in [5.41, 5.74) is 0.252. The SMILES string of the molecule is Cc1nc(C(F)F)c(C(=O)Nc2c(-c3ccccc3)ccc(Cl)c2F)s1. The van der Waals surface area contributed by atoms with Gasteiger partial charge in [-0.3, -0.25) is 4.79 Å². The number of carbonyl (C=O) groups is 1. The quantitative estimate of drug-likeness (QED) is 0.578. The minimum absolute atomic E-state index is 0.167. The molecular formula is C18H12ClF3N2OS. The van der Waals surface area contributed by atoms with E-state index >= 15 is 0 Å². The molecule has 1 amide bonds. The average Bonchev–Trinajstić information content (AvgIpc) is 3.02. The molecule has 134 valence electrons. The molecule has 0 aliphatic rings. The van der Waals surface area contributed by atoms with Crippen molar-refractivity contribution in [2.45, 2.75) is 13.3 Å². The van der Waals surface area contributed by atoms with Crippen LogP contribution in [0.15, 0.2) is 42.5 Å². The standard InChI is InChI=1S/C18H12ClF3N2OS/c1-9-23-15(17(21)22)16(26-9)18(25)24-14-11(7-8-12(19)13(14)20)10-5-3-2-4-6-10/h2-8,17H,1H3,(H,24,25). The fourth-order valence-electron chi connectivity index (χ4n) is 2.46. The number of benzene rings is 2. The fraction of sp³-hybridized carbons (Fsp3) is 0.111. The zero-order valence-electron chi connectivity index (χ0n) is 13.4. The second-order valence-corrected chi connectivity index (χ2v) is 6.96. The highest BCUT2D eigenvalue weighted by Gasteiger charge is 2.25. The molecule has 1 N–H and O–H groups in total. The van der Waals surface area contributed by atoms with Crippen LogP contribution < -0.4 is 5.32 Å². The largest absolute Gasteiger partial charge is 0.318 e. The van der Waals surface area contributed by atoms with E-state index in [0.29, 0.717) is 16.1 Å². The molecule has 3 aromatic rings. The first-order valence-corrected chi connectivity index (χ1v) is 8.68. The maximum absolute atomic E-state index is 14.6. The molecule has 0 unspecified atom stereocenters. The summed E-state index contributed by atoms with van der Waals surface area (Å²) in [7, 11) is 0. The van der Waals surface area contributed by atoms with Gasteiger partial charge in [0.2, 0.25) is 0 Å². The van der Waals surface area contributed by atoms with Gasteiger partial charge in [-0.1, -0.05) is 48.0 Å². The fourth-order valence-corrected chi connectivity index (χ4v) is 3.44. The van der Waals surface area contributed by atoms with Crippen molar-refractivity contribution < 1.29 is 18.0 Å². The van der Waals surface area contributed by atoms with Crippen molar-refractivity contribution in [1.82, 2.24) is 4.98 Å². The molecule has 0 fully saturated rings. The number of nitrogens with zero attached hydrogens (tertiary/aromatic N) is 1. The maximum atomic E-state index is 14.6. The normalized spacial score (nSPS) is 11.0. The van der Waals surface area contributed by atoms with Gasteiger partial charge in [0.15, 0.2) is 5.82 Å². The van der Waals surface area contributed by atoms with E-state index in [1.165, 1.54) is 13.0 Å². The molecule has 1 aromatic heterocycles. The molecule has 8 heteroatoms. The van der Waals surface area contributed by atoms with E-state index in [0.717, 1.165) is 11.3 Å². The van der Waals surface area contributed by atoms with Gasteiger partial charge in [-0.05, 0) is 18.6 Å². The second-order valence-electron chi connectivity index (χ2n) is 5.35. The van der Waals surface area contributed by atoms with Gasteiger partial charge >= 0.3 is 0 Å². The van der Waals surface area contributed by atoms with Crippen LogP contribution >= 0.6 is 22.9 Å². The minimum atomic E-state index is -2.90. The third kappa shape index (κ3) is 3.59. The zero-order valence-corrected chi connectivity index (χ0v) is 15.0. The Morgan fingerprint density at radius 2 is 1.88 bits per heavy atom. The van der Waals surface area contributed by atoms with Crippen LogP contribution in [0.3, 0.4) is 0 Å². The number of rotatable bonds is 4. The molecule has 3 nitrogen and oxygen atoms in total. The summed E-state index contributed by atoms with van der Waals surface area (Å²) in [5.74, 6) is -1.69. The molecule has 0 saturated heterocycles. The molecule has 0 aliphatic heterocycles. The van der Waals surface area contributed by atoms with Gasteiger partial charge in [0.1, 0.15) is 10.6 Å². The first-order valence-electron chi connectivity index (χ1n) is 7.48. The number of hydrogen-bond donors (Lipinski definition) is 1. The van der Waals surface area contributed by atoms with Crippen LogP contribution in [0, 0.1) is 12.7 Å². The van der Waals surface area contributed by atoms with Gasteiger partial charge in [-0.2, -0.15) is 0 Å². The average molecular weight is 397 g/mol. The Hall–Kier alpha value is -2.38. The predicted octanol–water partition coefficient (Wildman–Crippen LogP) is 6.10. The molecule has 1 heterocycles. The van der Waals surface area contributed by atoms with Crippen LogP contribution in [0.4, 0.5) is 18.9 Å². The Balaban J connectivity index is 2.05. The number of carbonyl (C=O) groups excluding carboxylic acids is 1. The highest BCUT2D eigenvalue weighted by molar-refractivity contribution is 7.13. The number of alkyl halides is 2. The predicted molar refractivity (Wildman–Crippen MR) is 96.6 cm³/mol. The molecule has 0 atom stereocenters. The van der Waals surface area contributed by atoms with Gasteiger partial charge in [0, 0.05) is 5.56 Å². The summed E-state index contributed by atoms with van der Waals surface area (Å²) in [6.07, 6.45) is -2.90. The molecule has 3 rings (SSSR count). The summed E-state index contributed by atoms with van der Waals surface area (Å²) in [4.78, 5) is 15.9. The van der Waals surface area contributed by atoms with Crippen molar-refractivity contribution in [3.05, 3.63) is 68.9 Å². The Morgan fingerprint density at radius 1 is 1.19 bits per heavy atom. The zero-order chi connectivity index (χ0) is 18.8. The van der Waals surface area contributed by atoms with E-state index in [1.807, 2.05) is 0 Å². The lowest BCUT2D eigenvalue weighted by atomic mass is 10.0. The van der Waals surface area contributed by atoms with Crippen LogP contribution in [0.1, 0.15) is 26.8 Å². The van der Waals surface area contributed by atoms with E-state index in [4.69, 9.17) is 11.6 Å². The molecule has 0 aliphatic carbocycles. The molecule has 0 radical (unpaired) electrons. The number of amides is 1. The van der Waals surface area contributed by atoms with Gasteiger partial charge in [-0.25, -0.2) is 18.2 Å². The lowest BCUT2D eigenvalue weighted by Crippen LogP contribution is -2.15. The van der Waals surface area contributed by atoms with Crippen LogP contribution in [-0.4, -0.2) is 10.9 Å². The van der Waals surface area contributed by atoms with Crippen molar-refractivity contribution in [2.75, 3.05) is 5.32 Å². The number of halogens is 4. The van der Waals surface area contributed by atoms with E-state index < -0.39 is 23.8 Å². The topological polar surface area (TPSA) is 42.0 Å². The number of anilines is 1. The second kappa shape index (κ2) is 7.47. The van der Waals surface area contributed by atoms with Crippen molar-refractivity contribution in [3.63, 3.8) is 0 Å². The summed E-state index contributed by atoms with van der Waals surface area (Å²) in [6, 6.07) is 11.7. The molecule has 26 heavy (non-hydrogen) atoms. The molecule has 0 saturated carbocycles.